The number of benzene rings is 1. The third-order valence-corrected chi connectivity index (χ3v) is 6.11. The first-order chi connectivity index (χ1) is 13.1. The van der Waals surface area contributed by atoms with Crippen LogP contribution < -0.4 is 0 Å². The molecule has 6 nitrogen and oxygen atoms in total. The lowest BCUT2D eigenvalue weighted by atomic mass is 10.00. The number of hydrogen-bond donors (Lipinski definition) is 0. The van der Waals surface area contributed by atoms with Crippen molar-refractivity contribution in [1.82, 2.24) is 24.6 Å². The number of nitrogens with zero attached hydrogens (tertiary/aromatic N) is 5. The van der Waals surface area contributed by atoms with Gasteiger partial charge in [-0.25, -0.2) is 0 Å². The molecule has 27 heavy (non-hydrogen) atoms. The Morgan fingerprint density at radius 3 is 2.81 bits per heavy atom. The van der Waals surface area contributed by atoms with Crippen molar-refractivity contribution < 1.29 is 4.79 Å². The highest BCUT2D eigenvalue weighted by Gasteiger charge is 2.30. The standard InChI is InChI=1S/C20H26ClN5O/c1-15(27)24-11-9-19-22-23-20(26(19)13-12-24)18-8-4-5-10-25(18)14-16-6-2-3-7-17(16)21/h2-3,6-7,18H,4-5,8-14H2,1H3. The summed E-state index contributed by atoms with van der Waals surface area (Å²) in [7, 11) is 0. The second kappa shape index (κ2) is 7.98. The van der Waals surface area contributed by atoms with E-state index in [1.807, 2.05) is 23.1 Å². The molecule has 1 amide bonds. The second-order valence-corrected chi connectivity index (χ2v) is 7.86. The van der Waals surface area contributed by atoms with Gasteiger partial charge in [-0.15, -0.1) is 10.2 Å². The molecule has 1 atom stereocenters. The van der Waals surface area contributed by atoms with Crippen LogP contribution in [0.3, 0.4) is 0 Å². The third-order valence-electron chi connectivity index (χ3n) is 5.74. The van der Waals surface area contributed by atoms with Gasteiger partial charge in [0.15, 0.2) is 0 Å². The third kappa shape index (κ3) is 3.87. The number of rotatable bonds is 3. The number of amides is 1. The van der Waals surface area contributed by atoms with E-state index >= 15 is 0 Å². The number of likely N-dealkylation sites (tertiary alicyclic amines) is 1. The van der Waals surface area contributed by atoms with E-state index in [2.05, 4.69) is 25.7 Å². The fourth-order valence-electron chi connectivity index (χ4n) is 4.22. The van der Waals surface area contributed by atoms with Gasteiger partial charge < -0.3 is 9.47 Å². The molecule has 1 aromatic heterocycles. The van der Waals surface area contributed by atoms with Gasteiger partial charge in [-0.05, 0) is 31.0 Å². The lowest BCUT2D eigenvalue weighted by molar-refractivity contribution is -0.128. The average molecular weight is 388 g/mol. The molecule has 0 spiro atoms. The number of hydrogen-bond acceptors (Lipinski definition) is 4. The van der Waals surface area contributed by atoms with E-state index in [0.29, 0.717) is 0 Å². The summed E-state index contributed by atoms with van der Waals surface area (Å²) < 4.78 is 2.25. The van der Waals surface area contributed by atoms with Crippen LogP contribution in [0.1, 0.15) is 49.4 Å². The van der Waals surface area contributed by atoms with Gasteiger partial charge in [-0.2, -0.15) is 0 Å². The maximum atomic E-state index is 11.8. The second-order valence-electron chi connectivity index (χ2n) is 7.46. The number of halogens is 1. The number of piperidine rings is 1. The number of carbonyl (C=O) groups is 1. The van der Waals surface area contributed by atoms with E-state index in [1.165, 1.54) is 12.8 Å². The van der Waals surface area contributed by atoms with Crippen molar-refractivity contribution >= 4 is 17.5 Å². The first-order valence-electron chi connectivity index (χ1n) is 9.78. The first kappa shape index (κ1) is 18.4. The van der Waals surface area contributed by atoms with Crippen LogP contribution in [0.15, 0.2) is 24.3 Å². The number of carbonyl (C=O) groups excluding carboxylic acids is 1. The van der Waals surface area contributed by atoms with E-state index in [9.17, 15) is 4.79 Å². The van der Waals surface area contributed by atoms with Crippen molar-refractivity contribution in [2.45, 2.75) is 51.7 Å². The van der Waals surface area contributed by atoms with E-state index in [-0.39, 0.29) is 11.9 Å². The highest BCUT2D eigenvalue weighted by Crippen LogP contribution is 2.33. The molecule has 1 unspecified atom stereocenters. The molecule has 2 aromatic rings. The van der Waals surface area contributed by atoms with Gasteiger partial charge in [0.1, 0.15) is 11.6 Å². The molecule has 2 aliphatic rings. The SMILES string of the molecule is CC(=O)N1CCc2nnc(C3CCCCN3Cc3ccccc3Cl)n2CC1. The van der Waals surface area contributed by atoms with Crippen LogP contribution in [-0.2, 0) is 24.3 Å². The van der Waals surface area contributed by atoms with Gasteiger partial charge in [-0.3, -0.25) is 9.69 Å². The van der Waals surface area contributed by atoms with Gasteiger partial charge >= 0.3 is 0 Å². The maximum absolute atomic E-state index is 11.8. The Labute approximate surface area is 165 Å². The van der Waals surface area contributed by atoms with Gasteiger partial charge in [-0.1, -0.05) is 36.2 Å². The van der Waals surface area contributed by atoms with Gasteiger partial charge in [0, 0.05) is 44.5 Å². The maximum Gasteiger partial charge on any atom is 0.219 e. The summed E-state index contributed by atoms with van der Waals surface area (Å²) in [6.45, 7) is 5.73. The number of fused-ring (bicyclic) bond motifs is 1. The zero-order valence-corrected chi connectivity index (χ0v) is 16.5. The Bertz CT molecular complexity index is 820. The van der Waals surface area contributed by atoms with Crippen LogP contribution in [-0.4, -0.2) is 50.1 Å². The van der Waals surface area contributed by atoms with Gasteiger partial charge in [0.05, 0.1) is 6.04 Å². The van der Waals surface area contributed by atoms with Crippen molar-refractivity contribution in [2.75, 3.05) is 19.6 Å². The fraction of sp³-hybridized carbons (Fsp3) is 0.550. The van der Waals surface area contributed by atoms with E-state index in [0.717, 1.165) is 67.8 Å². The predicted octanol–water partition coefficient (Wildman–Crippen LogP) is 3.06. The summed E-state index contributed by atoms with van der Waals surface area (Å²) in [5, 5.41) is 9.87. The summed E-state index contributed by atoms with van der Waals surface area (Å²) in [5.74, 6) is 2.17. The smallest absolute Gasteiger partial charge is 0.219 e. The Hall–Kier alpha value is -1.92. The zero-order chi connectivity index (χ0) is 18.8. The van der Waals surface area contributed by atoms with Gasteiger partial charge in [0.2, 0.25) is 5.91 Å². The summed E-state index contributed by atoms with van der Waals surface area (Å²) >= 11 is 6.40. The first-order valence-corrected chi connectivity index (χ1v) is 10.2. The fourth-order valence-corrected chi connectivity index (χ4v) is 4.42. The van der Waals surface area contributed by atoms with Crippen LogP contribution in [0.2, 0.25) is 5.02 Å². The molecule has 1 fully saturated rings. The Morgan fingerprint density at radius 1 is 1.15 bits per heavy atom. The molecule has 1 saturated heterocycles. The molecule has 0 N–H and O–H groups in total. The summed E-state index contributed by atoms with van der Waals surface area (Å²) in [4.78, 5) is 16.1. The van der Waals surface area contributed by atoms with Crippen LogP contribution in [0, 0.1) is 0 Å². The summed E-state index contributed by atoms with van der Waals surface area (Å²) in [5.41, 5.74) is 1.16. The minimum Gasteiger partial charge on any atom is -0.341 e. The largest absolute Gasteiger partial charge is 0.341 e. The Balaban J connectivity index is 1.58. The Kier molecular flexibility index (Phi) is 5.45. The zero-order valence-electron chi connectivity index (χ0n) is 15.8. The molecule has 0 bridgehead atoms. The Morgan fingerprint density at radius 2 is 2.00 bits per heavy atom. The average Bonchev–Trinajstić information content (AvgIpc) is 2.94. The lowest BCUT2D eigenvalue weighted by Crippen LogP contribution is -2.35. The minimum atomic E-state index is 0.133. The topological polar surface area (TPSA) is 54.3 Å². The van der Waals surface area contributed by atoms with E-state index in [1.54, 1.807) is 6.92 Å². The number of aromatic nitrogens is 3. The molecule has 0 saturated carbocycles. The lowest BCUT2D eigenvalue weighted by Gasteiger charge is -2.35. The van der Waals surface area contributed by atoms with Crippen LogP contribution in [0.25, 0.3) is 0 Å². The molecule has 7 heteroatoms. The predicted molar refractivity (Wildman–Crippen MR) is 104 cm³/mol. The van der Waals surface area contributed by atoms with Crippen molar-refractivity contribution in [3.8, 4) is 0 Å². The molecule has 4 rings (SSSR count). The molecule has 144 valence electrons. The van der Waals surface area contributed by atoms with Gasteiger partial charge in [0.25, 0.3) is 0 Å². The minimum absolute atomic E-state index is 0.133. The van der Waals surface area contributed by atoms with Crippen LogP contribution in [0.4, 0.5) is 0 Å². The van der Waals surface area contributed by atoms with Crippen molar-refractivity contribution in [3.05, 3.63) is 46.5 Å². The molecular weight excluding hydrogens is 362 g/mol. The monoisotopic (exact) mass is 387 g/mol. The van der Waals surface area contributed by atoms with E-state index in [4.69, 9.17) is 11.6 Å². The van der Waals surface area contributed by atoms with Crippen molar-refractivity contribution in [1.29, 1.82) is 0 Å². The highest BCUT2D eigenvalue weighted by atomic mass is 35.5. The van der Waals surface area contributed by atoms with Crippen LogP contribution in [0.5, 0.6) is 0 Å². The molecule has 1 aromatic carbocycles. The molecule has 0 radical (unpaired) electrons. The van der Waals surface area contributed by atoms with Crippen molar-refractivity contribution in [2.24, 2.45) is 0 Å². The normalized spacial score (nSPS) is 21.0. The quantitative estimate of drug-likeness (QED) is 0.812. The van der Waals surface area contributed by atoms with E-state index < -0.39 is 0 Å². The van der Waals surface area contributed by atoms with Crippen LogP contribution >= 0.6 is 11.6 Å². The molecule has 3 heterocycles. The molecule has 0 aliphatic carbocycles. The van der Waals surface area contributed by atoms with Crippen molar-refractivity contribution in [3.63, 3.8) is 0 Å². The molecule has 2 aliphatic heterocycles. The molecular formula is C20H26ClN5O. The summed E-state index contributed by atoms with van der Waals surface area (Å²) in [6, 6.07) is 8.32. The summed E-state index contributed by atoms with van der Waals surface area (Å²) in [6.07, 6.45) is 4.24. The highest BCUT2D eigenvalue weighted by molar-refractivity contribution is 6.31.